The number of phenolic OH excluding ortho intramolecular Hbond substituents is 1. The summed E-state index contributed by atoms with van der Waals surface area (Å²) in [5.74, 6) is -0.0209. The number of phenols is 1. The van der Waals surface area contributed by atoms with Crippen molar-refractivity contribution in [2.24, 2.45) is 4.99 Å². The summed E-state index contributed by atoms with van der Waals surface area (Å²) in [6, 6.07) is 11.0. The fourth-order valence-corrected chi connectivity index (χ4v) is 4.98. The molecule has 3 aromatic rings. The zero-order chi connectivity index (χ0) is 23.7. The first kappa shape index (κ1) is 22.8. The van der Waals surface area contributed by atoms with Gasteiger partial charge in [-0.1, -0.05) is 41.1 Å². The van der Waals surface area contributed by atoms with E-state index in [0.717, 1.165) is 11.3 Å². The van der Waals surface area contributed by atoms with E-state index < -0.39 is 12.0 Å². The fourth-order valence-electron chi connectivity index (χ4n) is 3.76. The van der Waals surface area contributed by atoms with Crippen molar-refractivity contribution in [2.75, 3.05) is 13.7 Å². The van der Waals surface area contributed by atoms with Gasteiger partial charge in [-0.3, -0.25) is 9.36 Å². The largest absolute Gasteiger partial charge is 0.507 e. The van der Waals surface area contributed by atoms with Gasteiger partial charge in [-0.05, 0) is 44.2 Å². The lowest BCUT2D eigenvalue weighted by molar-refractivity contribution is -0.139. The maximum atomic E-state index is 13.6. The number of halogens is 1. The van der Waals surface area contributed by atoms with Gasteiger partial charge in [-0.15, -0.1) is 0 Å². The summed E-state index contributed by atoms with van der Waals surface area (Å²) in [6.45, 7) is 3.62. The zero-order valence-corrected chi connectivity index (χ0v) is 19.7. The lowest BCUT2D eigenvalue weighted by atomic mass is 9.95. The van der Waals surface area contributed by atoms with E-state index in [2.05, 4.69) is 4.99 Å². The number of nitrogens with zero attached hydrogens (tertiary/aromatic N) is 2. The smallest absolute Gasteiger partial charge is 0.338 e. The molecule has 7 nitrogen and oxygen atoms in total. The number of hydrogen-bond donors (Lipinski definition) is 1. The minimum absolute atomic E-state index is 0.00472. The van der Waals surface area contributed by atoms with Gasteiger partial charge in [0.2, 0.25) is 0 Å². The summed E-state index contributed by atoms with van der Waals surface area (Å²) < 4.78 is 12.6. The Labute approximate surface area is 198 Å². The van der Waals surface area contributed by atoms with E-state index in [9.17, 15) is 14.7 Å². The number of aromatic hydroxyl groups is 1. The van der Waals surface area contributed by atoms with Crippen molar-refractivity contribution >= 4 is 35.0 Å². The summed E-state index contributed by atoms with van der Waals surface area (Å²) in [4.78, 5) is 31.5. The van der Waals surface area contributed by atoms with E-state index in [1.165, 1.54) is 17.7 Å². The summed E-state index contributed by atoms with van der Waals surface area (Å²) >= 11 is 7.22. The molecule has 1 atom stereocenters. The van der Waals surface area contributed by atoms with Crippen LogP contribution in [0.25, 0.3) is 6.08 Å². The first-order valence-electron chi connectivity index (χ1n) is 10.2. The number of para-hydroxylation sites is 1. The van der Waals surface area contributed by atoms with Crippen LogP contribution >= 0.6 is 22.9 Å². The fraction of sp³-hybridized carbons (Fsp3) is 0.208. The number of thiazole rings is 1. The van der Waals surface area contributed by atoms with Crippen LogP contribution in [-0.2, 0) is 9.53 Å². The van der Waals surface area contributed by atoms with Gasteiger partial charge in [0.05, 0.1) is 29.5 Å². The number of ether oxygens (including phenoxy) is 2. The van der Waals surface area contributed by atoms with Crippen molar-refractivity contribution in [1.29, 1.82) is 0 Å². The third-order valence-corrected chi connectivity index (χ3v) is 6.44. The van der Waals surface area contributed by atoms with Crippen molar-refractivity contribution in [3.63, 3.8) is 0 Å². The van der Waals surface area contributed by atoms with Crippen molar-refractivity contribution in [3.8, 4) is 11.5 Å². The number of fused-ring (bicyclic) bond motifs is 1. The average Bonchev–Trinajstić information content (AvgIpc) is 3.10. The molecule has 0 unspecified atom stereocenters. The van der Waals surface area contributed by atoms with Crippen molar-refractivity contribution in [1.82, 2.24) is 4.57 Å². The van der Waals surface area contributed by atoms with E-state index in [4.69, 9.17) is 21.1 Å². The third-order valence-electron chi connectivity index (χ3n) is 5.23. The Balaban J connectivity index is 2.01. The van der Waals surface area contributed by atoms with Crippen LogP contribution in [0.1, 0.15) is 31.0 Å². The topological polar surface area (TPSA) is 90.1 Å². The first-order valence-corrected chi connectivity index (χ1v) is 11.4. The van der Waals surface area contributed by atoms with Gasteiger partial charge in [-0.25, -0.2) is 9.79 Å². The van der Waals surface area contributed by atoms with E-state index in [1.807, 2.05) is 12.1 Å². The molecular formula is C24H21ClN2O5S. The normalized spacial score (nSPS) is 15.8. The molecule has 1 aliphatic heterocycles. The molecule has 170 valence electrons. The summed E-state index contributed by atoms with van der Waals surface area (Å²) in [7, 11) is 1.53. The predicted octanol–water partition coefficient (Wildman–Crippen LogP) is 3.17. The molecule has 1 N–H and O–H groups in total. The molecule has 1 aliphatic rings. The van der Waals surface area contributed by atoms with Gasteiger partial charge < -0.3 is 14.6 Å². The number of methoxy groups -OCH3 is 1. The van der Waals surface area contributed by atoms with Gasteiger partial charge in [0.15, 0.2) is 4.80 Å². The molecule has 0 radical (unpaired) electrons. The second kappa shape index (κ2) is 9.25. The van der Waals surface area contributed by atoms with Crippen molar-refractivity contribution in [2.45, 2.75) is 19.9 Å². The zero-order valence-electron chi connectivity index (χ0n) is 18.2. The number of aromatic nitrogens is 1. The van der Waals surface area contributed by atoms with Crippen LogP contribution in [0.2, 0.25) is 5.02 Å². The Kier molecular flexibility index (Phi) is 6.40. The minimum atomic E-state index is -0.786. The molecule has 2 aromatic carbocycles. The molecule has 4 rings (SSSR count). The number of carbonyl (C=O) groups is 1. The maximum absolute atomic E-state index is 13.6. The van der Waals surface area contributed by atoms with Gasteiger partial charge >= 0.3 is 5.97 Å². The Hall–Kier alpha value is -3.36. The van der Waals surface area contributed by atoms with Crippen LogP contribution in [0.4, 0.5) is 0 Å². The molecule has 33 heavy (non-hydrogen) atoms. The Morgan fingerprint density at radius 3 is 2.79 bits per heavy atom. The van der Waals surface area contributed by atoms with E-state index >= 15 is 0 Å². The average molecular weight is 485 g/mol. The van der Waals surface area contributed by atoms with Crippen LogP contribution < -0.4 is 19.6 Å². The van der Waals surface area contributed by atoms with Crippen LogP contribution in [0.5, 0.6) is 11.5 Å². The number of esters is 1. The molecular weight excluding hydrogens is 464 g/mol. The Morgan fingerprint density at radius 2 is 2.06 bits per heavy atom. The van der Waals surface area contributed by atoms with Gasteiger partial charge in [0.25, 0.3) is 5.56 Å². The van der Waals surface area contributed by atoms with Gasteiger partial charge in [0.1, 0.15) is 17.5 Å². The van der Waals surface area contributed by atoms with Crippen LogP contribution in [-0.4, -0.2) is 29.4 Å². The monoisotopic (exact) mass is 484 g/mol. The lowest BCUT2D eigenvalue weighted by Gasteiger charge is -2.25. The maximum Gasteiger partial charge on any atom is 0.338 e. The van der Waals surface area contributed by atoms with E-state index in [1.54, 1.807) is 44.2 Å². The van der Waals surface area contributed by atoms with Crippen LogP contribution in [0, 0.1) is 0 Å². The second-order valence-electron chi connectivity index (χ2n) is 7.25. The molecule has 2 heterocycles. The number of rotatable bonds is 5. The van der Waals surface area contributed by atoms with Crippen LogP contribution in [0.15, 0.2) is 63.5 Å². The molecule has 0 aliphatic carbocycles. The molecule has 1 aromatic heterocycles. The highest BCUT2D eigenvalue weighted by Crippen LogP contribution is 2.35. The summed E-state index contributed by atoms with van der Waals surface area (Å²) in [6.07, 6.45) is 1.56. The van der Waals surface area contributed by atoms with Gasteiger partial charge in [0, 0.05) is 16.1 Å². The molecule has 9 heteroatoms. The minimum Gasteiger partial charge on any atom is -0.507 e. The third kappa shape index (κ3) is 4.19. The number of allylic oxidation sites excluding steroid dienone is 1. The molecule has 0 saturated carbocycles. The molecule has 0 amide bonds. The summed E-state index contributed by atoms with van der Waals surface area (Å²) in [5, 5.41) is 10.6. The van der Waals surface area contributed by atoms with E-state index in [0.29, 0.717) is 36.9 Å². The highest BCUT2D eigenvalue weighted by molar-refractivity contribution is 7.07. The Morgan fingerprint density at radius 1 is 1.30 bits per heavy atom. The van der Waals surface area contributed by atoms with Crippen LogP contribution in [0.3, 0.4) is 0 Å². The second-order valence-corrected chi connectivity index (χ2v) is 8.69. The van der Waals surface area contributed by atoms with Gasteiger partial charge in [-0.2, -0.15) is 0 Å². The quantitative estimate of drug-likeness (QED) is 0.562. The number of carbonyl (C=O) groups excluding carboxylic acids is 1. The summed E-state index contributed by atoms with van der Waals surface area (Å²) in [5.41, 5.74) is 1.41. The number of benzene rings is 2. The van der Waals surface area contributed by atoms with Crippen molar-refractivity contribution < 1.29 is 19.4 Å². The highest BCUT2D eigenvalue weighted by atomic mass is 35.5. The predicted molar refractivity (Wildman–Crippen MR) is 127 cm³/mol. The first-order chi connectivity index (χ1) is 15.8. The molecule has 0 fully saturated rings. The molecule has 0 bridgehead atoms. The molecule has 0 spiro atoms. The Bertz CT molecular complexity index is 1450. The number of hydrogen-bond acceptors (Lipinski definition) is 7. The standard InChI is InChI=1S/C24H21ClN2O5S/c1-4-32-23(30)20-13(2)26-24-27(21(20)16-7-5-6-8-18(16)31-3)22(29)19(33-24)12-14-11-15(25)9-10-17(14)28/h5-12,21,28H,4H2,1-3H3/b19-12+/t21-/m1/s1. The highest BCUT2D eigenvalue weighted by Gasteiger charge is 2.34. The van der Waals surface area contributed by atoms with E-state index in [-0.39, 0.29) is 23.5 Å². The SMILES string of the molecule is CCOC(=O)C1=C(C)N=c2s/c(=C/c3cc(Cl)ccc3O)c(=O)n2[C@@H]1c1ccccc1OC. The van der Waals surface area contributed by atoms with Crippen molar-refractivity contribution in [3.05, 3.63) is 89.6 Å². The molecule has 0 saturated heterocycles. The lowest BCUT2D eigenvalue weighted by Crippen LogP contribution is -2.40.